The van der Waals surface area contributed by atoms with Crippen molar-refractivity contribution in [2.45, 2.75) is 13.3 Å². The minimum absolute atomic E-state index is 0.282. The summed E-state index contributed by atoms with van der Waals surface area (Å²) in [6, 6.07) is 6.94. The van der Waals surface area contributed by atoms with Gasteiger partial charge in [-0.3, -0.25) is 4.79 Å². The lowest BCUT2D eigenvalue weighted by Gasteiger charge is -2.08. The molecule has 1 N–H and O–H groups in total. The standard InChI is InChI=1S/C18H16Cl2N6O2/c1-9-7-10(28-24-9)8-13-21-16-14(18(27)22-13)17(25(2)3)23-26(16)15-11(19)5-4-6-12(15)20/h4-7H,8H2,1-3H3,(H,21,22,27). The van der Waals surface area contributed by atoms with Crippen LogP contribution in [0, 0.1) is 6.92 Å². The number of hydrogen-bond donors (Lipinski definition) is 1. The van der Waals surface area contributed by atoms with E-state index in [0.717, 1.165) is 5.69 Å². The van der Waals surface area contributed by atoms with Gasteiger partial charge in [-0.2, -0.15) is 0 Å². The summed E-state index contributed by atoms with van der Waals surface area (Å²) >= 11 is 12.7. The third-order valence-electron chi connectivity index (χ3n) is 4.16. The zero-order valence-electron chi connectivity index (χ0n) is 15.3. The summed E-state index contributed by atoms with van der Waals surface area (Å²) in [5.41, 5.74) is 1.26. The average molecular weight is 419 g/mol. The number of rotatable bonds is 4. The molecule has 0 aliphatic carbocycles. The molecule has 0 aliphatic rings. The molecule has 144 valence electrons. The van der Waals surface area contributed by atoms with Gasteiger partial charge in [-0.05, 0) is 19.1 Å². The third-order valence-corrected chi connectivity index (χ3v) is 4.77. The summed E-state index contributed by atoms with van der Waals surface area (Å²) in [4.78, 5) is 22.0. The van der Waals surface area contributed by atoms with Gasteiger partial charge in [0.05, 0.1) is 22.2 Å². The maximum Gasteiger partial charge on any atom is 0.264 e. The Bertz CT molecular complexity index is 1220. The molecule has 3 aromatic heterocycles. The molecule has 8 nitrogen and oxygen atoms in total. The van der Waals surface area contributed by atoms with Crippen LogP contribution in [-0.4, -0.2) is 39.0 Å². The fourth-order valence-corrected chi connectivity index (χ4v) is 3.52. The number of nitrogens with one attached hydrogen (secondary N) is 1. The van der Waals surface area contributed by atoms with Crippen molar-refractivity contribution in [3.8, 4) is 5.69 Å². The molecule has 0 amide bonds. The first-order valence-electron chi connectivity index (χ1n) is 8.41. The summed E-state index contributed by atoms with van der Waals surface area (Å²) in [5, 5.41) is 9.55. The molecule has 0 aliphatic heterocycles. The number of para-hydroxylation sites is 1. The molecule has 0 fully saturated rings. The van der Waals surface area contributed by atoms with Crippen LogP contribution in [-0.2, 0) is 6.42 Å². The van der Waals surface area contributed by atoms with Crippen molar-refractivity contribution in [2.75, 3.05) is 19.0 Å². The molecule has 0 unspecified atom stereocenters. The topological polar surface area (TPSA) is 92.8 Å². The lowest BCUT2D eigenvalue weighted by atomic mass is 10.2. The molecule has 0 radical (unpaired) electrons. The fraction of sp³-hybridized carbons (Fsp3) is 0.222. The van der Waals surface area contributed by atoms with Gasteiger partial charge in [0.25, 0.3) is 5.56 Å². The Morgan fingerprint density at radius 3 is 2.57 bits per heavy atom. The number of aryl methyl sites for hydroxylation is 1. The van der Waals surface area contributed by atoms with Gasteiger partial charge in [-0.1, -0.05) is 34.4 Å². The maximum absolute atomic E-state index is 12.8. The van der Waals surface area contributed by atoms with Crippen molar-refractivity contribution in [3.63, 3.8) is 0 Å². The second kappa shape index (κ2) is 6.96. The Balaban J connectivity index is 1.98. The highest BCUT2D eigenvalue weighted by atomic mass is 35.5. The van der Waals surface area contributed by atoms with E-state index < -0.39 is 0 Å². The second-order valence-electron chi connectivity index (χ2n) is 6.52. The van der Waals surface area contributed by atoms with Crippen LogP contribution >= 0.6 is 23.2 Å². The highest BCUT2D eigenvalue weighted by Gasteiger charge is 2.22. The highest BCUT2D eigenvalue weighted by Crippen LogP contribution is 2.32. The molecule has 0 atom stereocenters. The van der Waals surface area contributed by atoms with Crippen LogP contribution in [0.2, 0.25) is 10.0 Å². The van der Waals surface area contributed by atoms with Crippen molar-refractivity contribution in [1.82, 2.24) is 24.9 Å². The molecular weight excluding hydrogens is 403 g/mol. The molecule has 0 saturated heterocycles. The van der Waals surface area contributed by atoms with Gasteiger partial charge in [0, 0.05) is 20.2 Å². The molecule has 1 aromatic carbocycles. The summed E-state index contributed by atoms with van der Waals surface area (Å²) in [5.74, 6) is 1.47. The Hall–Kier alpha value is -2.84. The van der Waals surface area contributed by atoms with Crippen LogP contribution < -0.4 is 10.5 Å². The first-order chi connectivity index (χ1) is 13.3. The Kier molecular flexibility index (Phi) is 4.60. The number of aromatic nitrogens is 5. The molecule has 28 heavy (non-hydrogen) atoms. The summed E-state index contributed by atoms with van der Waals surface area (Å²) in [7, 11) is 3.59. The van der Waals surface area contributed by atoms with Gasteiger partial charge in [0.2, 0.25) is 0 Å². The first kappa shape index (κ1) is 18.5. The van der Waals surface area contributed by atoms with E-state index in [-0.39, 0.29) is 12.0 Å². The van der Waals surface area contributed by atoms with Crippen molar-refractivity contribution in [2.24, 2.45) is 0 Å². The maximum atomic E-state index is 12.8. The monoisotopic (exact) mass is 418 g/mol. The van der Waals surface area contributed by atoms with Gasteiger partial charge >= 0.3 is 0 Å². The van der Waals surface area contributed by atoms with E-state index in [1.807, 2.05) is 6.92 Å². The first-order valence-corrected chi connectivity index (χ1v) is 9.16. The molecule has 10 heteroatoms. The van der Waals surface area contributed by atoms with Gasteiger partial charge in [0.1, 0.15) is 22.7 Å². The van der Waals surface area contributed by atoms with Crippen molar-refractivity contribution in [3.05, 3.63) is 61.9 Å². The molecule has 0 saturated carbocycles. The van der Waals surface area contributed by atoms with Gasteiger partial charge in [-0.25, -0.2) is 9.67 Å². The molecule has 0 bridgehead atoms. The largest absolute Gasteiger partial charge is 0.361 e. The Morgan fingerprint density at radius 1 is 1.25 bits per heavy atom. The molecule has 4 rings (SSSR count). The number of hydrogen-bond acceptors (Lipinski definition) is 6. The van der Waals surface area contributed by atoms with E-state index in [0.29, 0.717) is 44.2 Å². The van der Waals surface area contributed by atoms with Crippen LogP contribution in [0.15, 0.2) is 33.6 Å². The van der Waals surface area contributed by atoms with Crippen LogP contribution in [0.4, 0.5) is 5.82 Å². The van der Waals surface area contributed by atoms with Gasteiger partial charge in [0.15, 0.2) is 11.5 Å². The minimum atomic E-state index is -0.311. The summed E-state index contributed by atoms with van der Waals surface area (Å²) < 4.78 is 6.73. The third kappa shape index (κ3) is 3.14. The predicted molar refractivity (Wildman–Crippen MR) is 108 cm³/mol. The fourth-order valence-electron chi connectivity index (χ4n) is 2.96. The molecule has 4 aromatic rings. The van der Waals surface area contributed by atoms with E-state index in [4.69, 9.17) is 27.7 Å². The van der Waals surface area contributed by atoms with Gasteiger partial charge < -0.3 is 14.4 Å². The van der Waals surface area contributed by atoms with E-state index in [1.165, 1.54) is 4.68 Å². The van der Waals surface area contributed by atoms with Crippen molar-refractivity contribution >= 4 is 40.1 Å². The zero-order valence-corrected chi connectivity index (χ0v) is 16.8. The quantitative estimate of drug-likeness (QED) is 0.545. The Labute approximate surface area is 169 Å². The van der Waals surface area contributed by atoms with Crippen LogP contribution in [0.25, 0.3) is 16.7 Å². The summed E-state index contributed by atoms with van der Waals surface area (Å²) in [6.07, 6.45) is 0.282. The highest BCUT2D eigenvalue weighted by molar-refractivity contribution is 6.37. The number of aromatic amines is 1. The van der Waals surface area contributed by atoms with Crippen LogP contribution in [0.5, 0.6) is 0 Å². The van der Waals surface area contributed by atoms with E-state index >= 15 is 0 Å². The van der Waals surface area contributed by atoms with Crippen LogP contribution in [0.1, 0.15) is 17.3 Å². The number of benzene rings is 1. The molecular formula is C18H16Cl2N6O2. The lowest BCUT2D eigenvalue weighted by molar-refractivity contribution is 0.384. The van der Waals surface area contributed by atoms with E-state index in [2.05, 4.69) is 20.2 Å². The number of H-pyrrole nitrogens is 1. The SMILES string of the molecule is Cc1cc(Cc2nc3c(c(N(C)C)nn3-c3c(Cl)cccc3Cl)c(=O)[nH]2)on1. The Morgan fingerprint density at radius 2 is 1.96 bits per heavy atom. The second-order valence-corrected chi connectivity index (χ2v) is 7.34. The molecule has 0 spiro atoms. The van der Waals surface area contributed by atoms with Gasteiger partial charge in [-0.15, -0.1) is 5.10 Å². The summed E-state index contributed by atoms with van der Waals surface area (Å²) in [6.45, 7) is 1.82. The molecule has 3 heterocycles. The van der Waals surface area contributed by atoms with Crippen molar-refractivity contribution < 1.29 is 4.52 Å². The van der Waals surface area contributed by atoms with E-state index in [9.17, 15) is 4.79 Å². The van der Waals surface area contributed by atoms with Crippen molar-refractivity contribution in [1.29, 1.82) is 0 Å². The predicted octanol–water partition coefficient (Wildman–Crippen LogP) is 3.37. The average Bonchev–Trinajstić information content (AvgIpc) is 3.19. The normalized spacial score (nSPS) is 11.3. The smallest absolute Gasteiger partial charge is 0.264 e. The zero-order chi connectivity index (χ0) is 20.0. The number of anilines is 1. The number of nitrogens with zero attached hydrogens (tertiary/aromatic N) is 5. The lowest BCUT2D eigenvalue weighted by Crippen LogP contribution is -2.16. The van der Waals surface area contributed by atoms with Crippen LogP contribution in [0.3, 0.4) is 0 Å². The number of fused-ring (bicyclic) bond motifs is 1. The number of halogens is 2. The minimum Gasteiger partial charge on any atom is -0.361 e. The van der Waals surface area contributed by atoms with E-state index in [1.54, 1.807) is 43.3 Å².